The Morgan fingerprint density at radius 2 is 2.11 bits per heavy atom. The minimum absolute atomic E-state index is 0.168. The van der Waals surface area contributed by atoms with E-state index in [1.807, 2.05) is 12.1 Å². The summed E-state index contributed by atoms with van der Waals surface area (Å²) >= 11 is 3.47. The number of fused-ring (bicyclic) bond motifs is 1. The number of rotatable bonds is 5. The number of hydrogen-bond acceptors (Lipinski definition) is 3. The first-order valence-electron chi connectivity index (χ1n) is 6.04. The second kappa shape index (κ2) is 5.87. The van der Waals surface area contributed by atoms with E-state index < -0.39 is 0 Å². The van der Waals surface area contributed by atoms with Crippen LogP contribution in [0, 0.1) is 0 Å². The van der Waals surface area contributed by atoms with Crippen molar-refractivity contribution in [2.75, 3.05) is 13.7 Å². The molecular weight excluding hydrogens is 294 g/mol. The highest BCUT2D eigenvalue weighted by molar-refractivity contribution is 9.10. The summed E-state index contributed by atoms with van der Waals surface area (Å²) in [7, 11) is 1.71. The van der Waals surface area contributed by atoms with Gasteiger partial charge in [-0.3, -0.25) is 0 Å². The summed E-state index contributed by atoms with van der Waals surface area (Å²) in [6, 6.07) is 8.58. The first kappa shape index (κ1) is 13.6. The Kier molecular flexibility index (Phi) is 4.43. The minimum Gasteiger partial charge on any atom is -0.459 e. The molecule has 1 N–H and O–H groups in total. The quantitative estimate of drug-likeness (QED) is 0.910. The molecule has 1 aromatic heterocycles. The summed E-state index contributed by atoms with van der Waals surface area (Å²) in [5.74, 6) is 0.950. The Morgan fingerprint density at radius 1 is 1.33 bits per heavy atom. The predicted octanol–water partition coefficient (Wildman–Crippen LogP) is 3.88. The van der Waals surface area contributed by atoms with E-state index in [0.717, 1.165) is 21.2 Å². The molecule has 4 heteroatoms. The summed E-state index contributed by atoms with van der Waals surface area (Å²) in [6.07, 6.45) is 0. The fourth-order valence-corrected chi connectivity index (χ4v) is 2.43. The zero-order valence-electron chi connectivity index (χ0n) is 10.9. The van der Waals surface area contributed by atoms with Gasteiger partial charge in [0.05, 0.1) is 12.6 Å². The maximum atomic E-state index is 5.84. The molecule has 0 fully saturated rings. The number of ether oxygens (including phenoxy) is 1. The second-order valence-electron chi connectivity index (χ2n) is 4.58. The lowest BCUT2D eigenvalue weighted by atomic mass is 10.2. The molecule has 0 aliphatic rings. The lowest BCUT2D eigenvalue weighted by Crippen LogP contribution is -2.32. The maximum absolute atomic E-state index is 5.84. The number of halogens is 1. The summed E-state index contributed by atoms with van der Waals surface area (Å²) in [5.41, 5.74) is 0.918. The molecule has 0 bridgehead atoms. The Labute approximate surface area is 116 Å². The van der Waals surface area contributed by atoms with Gasteiger partial charge < -0.3 is 14.5 Å². The van der Waals surface area contributed by atoms with Gasteiger partial charge in [0, 0.05) is 23.0 Å². The third-order valence-electron chi connectivity index (χ3n) is 2.88. The second-order valence-corrected chi connectivity index (χ2v) is 5.49. The van der Waals surface area contributed by atoms with Gasteiger partial charge in [-0.2, -0.15) is 0 Å². The highest BCUT2D eigenvalue weighted by Gasteiger charge is 2.13. The molecule has 0 saturated carbocycles. The van der Waals surface area contributed by atoms with E-state index in [1.54, 1.807) is 7.11 Å². The van der Waals surface area contributed by atoms with Crippen molar-refractivity contribution in [1.29, 1.82) is 0 Å². The summed E-state index contributed by atoms with van der Waals surface area (Å²) in [5, 5.41) is 4.56. The number of furan rings is 1. The number of benzene rings is 1. The first-order chi connectivity index (χ1) is 8.60. The Balaban J connectivity index is 2.15. The third kappa shape index (κ3) is 3.13. The molecule has 0 radical (unpaired) electrons. The fraction of sp³-hybridized carbons (Fsp3) is 0.429. The summed E-state index contributed by atoms with van der Waals surface area (Å²) < 4.78 is 12.0. The molecule has 18 heavy (non-hydrogen) atoms. The van der Waals surface area contributed by atoms with Crippen LogP contribution in [-0.4, -0.2) is 19.8 Å². The lowest BCUT2D eigenvalue weighted by Gasteiger charge is -2.17. The largest absolute Gasteiger partial charge is 0.459 e. The molecule has 2 unspecified atom stereocenters. The molecule has 0 spiro atoms. The molecule has 0 saturated heterocycles. The van der Waals surface area contributed by atoms with Gasteiger partial charge in [-0.15, -0.1) is 0 Å². The van der Waals surface area contributed by atoms with Crippen molar-refractivity contribution in [2.45, 2.75) is 25.9 Å². The van der Waals surface area contributed by atoms with Crippen molar-refractivity contribution >= 4 is 26.9 Å². The van der Waals surface area contributed by atoms with E-state index in [9.17, 15) is 0 Å². The van der Waals surface area contributed by atoms with Crippen LogP contribution in [0.1, 0.15) is 25.6 Å². The molecule has 98 valence electrons. The topological polar surface area (TPSA) is 34.4 Å². The van der Waals surface area contributed by atoms with E-state index in [1.165, 1.54) is 0 Å². The molecule has 0 aliphatic carbocycles. The fourth-order valence-electron chi connectivity index (χ4n) is 2.06. The van der Waals surface area contributed by atoms with Crippen molar-refractivity contribution in [3.05, 3.63) is 34.5 Å². The van der Waals surface area contributed by atoms with Crippen LogP contribution >= 0.6 is 15.9 Å². The molecule has 0 amide bonds. The van der Waals surface area contributed by atoms with Crippen molar-refractivity contribution in [2.24, 2.45) is 0 Å². The Hall–Kier alpha value is -0.840. The Morgan fingerprint density at radius 3 is 2.83 bits per heavy atom. The molecule has 1 heterocycles. The van der Waals surface area contributed by atoms with Crippen LogP contribution in [0.5, 0.6) is 0 Å². The molecular formula is C14H18BrNO2. The zero-order valence-corrected chi connectivity index (χ0v) is 12.5. The summed E-state index contributed by atoms with van der Waals surface area (Å²) in [6.45, 7) is 4.88. The Bertz CT molecular complexity index is 523. The van der Waals surface area contributed by atoms with Gasteiger partial charge in [-0.05, 0) is 38.1 Å². The van der Waals surface area contributed by atoms with Crippen LogP contribution < -0.4 is 5.32 Å². The first-order valence-corrected chi connectivity index (χ1v) is 6.83. The van der Waals surface area contributed by atoms with Crippen molar-refractivity contribution < 1.29 is 9.15 Å². The van der Waals surface area contributed by atoms with E-state index in [0.29, 0.717) is 12.6 Å². The molecule has 0 aliphatic heterocycles. The van der Waals surface area contributed by atoms with Crippen molar-refractivity contribution in [1.82, 2.24) is 5.32 Å². The van der Waals surface area contributed by atoms with Gasteiger partial charge in [-0.25, -0.2) is 0 Å². The monoisotopic (exact) mass is 311 g/mol. The average molecular weight is 312 g/mol. The number of nitrogens with one attached hydrogen (secondary N) is 1. The van der Waals surface area contributed by atoms with Crippen molar-refractivity contribution in [3.8, 4) is 0 Å². The summed E-state index contributed by atoms with van der Waals surface area (Å²) in [4.78, 5) is 0. The van der Waals surface area contributed by atoms with Gasteiger partial charge in [0.25, 0.3) is 0 Å². The molecule has 3 nitrogen and oxygen atoms in total. The lowest BCUT2D eigenvalue weighted by molar-refractivity contribution is 0.166. The highest BCUT2D eigenvalue weighted by atomic mass is 79.9. The third-order valence-corrected chi connectivity index (χ3v) is 3.37. The normalized spacial score (nSPS) is 14.9. The standard InChI is InChI=1S/C14H18BrNO2/c1-9(8-17-3)16-10(2)14-7-11-6-12(15)4-5-13(11)18-14/h4-7,9-10,16H,8H2,1-3H3. The van der Waals surface area contributed by atoms with Gasteiger partial charge in [0.2, 0.25) is 0 Å². The van der Waals surface area contributed by atoms with Gasteiger partial charge in [0.1, 0.15) is 11.3 Å². The van der Waals surface area contributed by atoms with E-state index in [2.05, 4.69) is 47.2 Å². The predicted molar refractivity (Wildman–Crippen MR) is 76.8 cm³/mol. The van der Waals surface area contributed by atoms with Crippen LogP contribution in [0.25, 0.3) is 11.0 Å². The highest BCUT2D eigenvalue weighted by Crippen LogP contribution is 2.26. The van der Waals surface area contributed by atoms with Gasteiger partial charge >= 0.3 is 0 Å². The molecule has 2 aromatic rings. The number of hydrogen-bond donors (Lipinski definition) is 1. The van der Waals surface area contributed by atoms with Crippen LogP contribution in [0.15, 0.2) is 33.2 Å². The minimum atomic E-state index is 0.168. The smallest absolute Gasteiger partial charge is 0.134 e. The van der Waals surface area contributed by atoms with Crippen molar-refractivity contribution in [3.63, 3.8) is 0 Å². The maximum Gasteiger partial charge on any atom is 0.134 e. The molecule has 2 rings (SSSR count). The van der Waals surface area contributed by atoms with Gasteiger partial charge in [-0.1, -0.05) is 15.9 Å². The van der Waals surface area contributed by atoms with Crippen LogP contribution in [0.3, 0.4) is 0 Å². The van der Waals surface area contributed by atoms with Gasteiger partial charge in [0.15, 0.2) is 0 Å². The van der Waals surface area contributed by atoms with E-state index in [4.69, 9.17) is 9.15 Å². The molecule has 2 atom stereocenters. The zero-order chi connectivity index (χ0) is 13.1. The average Bonchev–Trinajstić information content (AvgIpc) is 2.72. The van der Waals surface area contributed by atoms with E-state index in [-0.39, 0.29) is 6.04 Å². The van der Waals surface area contributed by atoms with Crippen LogP contribution in [0.4, 0.5) is 0 Å². The SMILES string of the molecule is COCC(C)NC(C)c1cc2cc(Br)ccc2o1. The van der Waals surface area contributed by atoms with E-state index >= 15 is 0 Å². The molecule has 1 aromatic carbocycles. The van der Waals surface area contributed by atoms with Crippen LogP contribution in [-0.2, 0) is 4.74 Å². The van der Waals surface area contributed by atoms with Crippen LogP contribution in [0.2, 0.25) is 0 Å². The number of methoxy groups -OCH3 is 1.